The van der Waals surface area contributed by atoms with Crippen LogP contribution in [0.3, 0.4) is 0 Å². The van der Waals surface area contributed by atoms with Gasteiger partial charge in [-0.15, -0.1) is 0 Å². The Morgan fingerprint density at radius 3 is 1.09 bits per heavy atom. The van der Waals surface area contributed by atoms with Crippen molar-refractivity contribution < 1.29 is 71.1 Å². The van der Waals surface area contributed by atoms with Gasteiger partial charge in [-0.25, -0.2) is 0 Å². The van der Waals surface area contributed by atoms with E-state index in [9.17, 15) is 28.7 Å². The van der Waals surface area contributed by atoms with Crippen LogP contribution < -0.4 is 19.6 Å². The third-order valence-electron chi connectivity index (χ3n) is 0.200. The first-order valence-electron chi connectivity index (χ1n) is 1.46. The van der Waals surface area contributed by atoms with E-state index < -0.39 is 15.6 Å². The Kier molecular flexibility index (Phi) is 9.98. The quantitative estimate of drug-likeness (QED) is 0.336. The minimum absolute atomic E-state index is 0. The van der Waals surface area contributed by atoms with Gasteiger partial charge < -0.3 is 33.0 Å². The summed E-state index contributed by atoms with van der Waals surface area (Å²) in [6, 6.07) is 0. The molecule has 7 nitrogen and oxygen atoms in total. The zero-order chi connectivity index (χ0) is 7.71. The summed E-state index contributed by atoms with van der Waals surface area (Å²) in [4.78, 5) is 37.3. The van der Waals surface area contributed by atoms with E-state index in [0.29, 0.717) is 0 Å². The first kappa shape index (κ1) is 18.3. The molecule has 0 aliphatic carbocycles. The van der Waals surface area contributed by atoms with Crippen LogP contribution in [-0.4, -0.2) is 0 Å². The Morgan fingerprint density at radius 1 is 0.909 bits per heavy atom. The van der Waals surface area contributed by atoms with E-state index in [0.717, 1.165) is 0 Å². The molecule has 0 atom stereocenters. The van der Waals surface area contributed by atoms with Crippen LogP contribution in [0.4, 0.5) is 0 Å². The molecule has 0 rings (SSSR count). The molecule has 0 bridgehead atoms. The molecule has 0 amide bonds. The van der Waals surface area contributed by atoms with Crippen LogP contribution in [0.15, 0.2) is 0 Å². The summed E-state index contributed by atoms with van der Waals surface area (Å²) >= 11 is 0. The molecule has 0 heterocycles. The van der Waals surface area contributed by atoms with Crippen molar-refractivity contribution in [3.63, 3.8) is 0 Å². The van der Waals surface area contributed by atoms with Crippen molar-refractivity contribution in [2.45, 2.75) is 0 Å². The Balaban J connectivity index is -0.000000320. The molecule has 70 valence electrons. The summed E-state index contributed by atoms with van der Waals surface area (Å²) in [6.45, 7) is 0. The molecule has 11 heteroatoms. The second-order valence-corrected chi connectivity index (χ2v) is 3.42. The Hall–Kier alpha value is 1.47. The fourth-order valence-electron chi connectivity index (χ4n) is 0.122. The van der Waals surface area contributed by atoms with Crippen molar-refractivity contribution in [2.75, 3.05) is 0 Å². The zero-order valence-corrected chi connectivity index (χ0v) is 10.1. The molecule has 0 radical (unpaired) electrons. The van der Waals surface area contributed by atoms with E-state index in [1.165, 1.54) is 0 Å². The van der Waals surface area contributed by atoms with Crippen LogP contribution in [0.25, 0.3) is 0 Å². The van der Waals surface area contributed by atoms with Crippen molar-refractivity contribution >= 4 is 15.6 Å². The molecule has 0 aliphatic heterocycles. The van der Waals surface area contributed by atoms with Gasteiger partial charge in [-0.1, -0.05) is 0 Å². The summed E-state index contributed by atoms with van der Waals surface area (Å²) in [5, 5.41) is 0. The number of rotatable bonds is 2. The molecule has 0 spiro atoms. The van der Waals surface area contributed by atoms with E-state index in [4.69, 9.17) is 0 Å². The largest absolute Gasteiger partial charge is 2.00 e. The number of hydrogen-bond donors (Lipinski definition) is 0. The predicted octanol–water partition coefficient (Wildman–Crippen LogP) is -3.34. The molecule has 0 saturated carbocycles. The fraction of sp³-hybridized carbons (Fsp3) is 0. The molecule has 0 N–H and O–H groups in total. The second kappa shape index (κ2) is 6.00. The predicted molar refractivity (Wildman–Crippen MR) is 16.3 cm³/mol. The molecule has 11 heavy (non-hydrogen) atoms. The third kappa shape index (κ3) is 18.4. The van der Waals surface area contributed by atoms with Gasteiger partial charge in [0.15, 0.2) is 0 Å². The van der Waals surface area contributed by atoms with Gasteiger partial charge in [0.05, 0.1) is 15.6 Å². The number of hydrogen-bond acceptors (Lipinski definition) is 7. The minimum atomic E-state index is -5.68. The fourth-order valence-corrected chi connectivity index (χ4v) is 1.10. The summed E-state index contributed by atoms with van der Waals surface area (Å²) in [5.74, 6) is 0. The average molecular weight is 421 g/mol. The smallest absolute Gasteiger partial charge is 0.790 e. The van der Waals surface area contributed by atoms with Crippen molar-refractivity contribution in [3.05, 3.63) is 0 Å². The first-order valence-corrected chi connectivity index (χ1v) is 4.38. The van der Waals surface area contributed by atoms with E-state index in [-0.39, 0.29) is 38.1 Å². The Bertz CT molecular complexity index is 157. The van der Waals surface area contributed by atoms with Gasteiger partial charge in [0.25, 0.3) is 0 Å². The standard InChI is InChI=1S/Cu.H4O7P2.W/c;1-8(2,3)7-9(4,5)6;/h;(H2,1,2,3)(H2,4,5,6);/q+1;;+2/p-4. The molecule has 0 aromatic rings. The van der Waals surface area contributed by atoms with Crippen molar-refractivity contribution in [1.82, 2.24) is 0 Å². The summed E-state index contributed by atoms with van der Waals surface area (Å²) in [6.07, 6.45) is 0. The molecule has 0 unspecified atom stereocenters. The van der Waals surface area contributed by atoms with Gasteiger partial charge in [0.1, 0.15) is 0 Å². The van der Waals surface area contributed by atoms with Crippen LogP contribution in [0.1, 0.15) is 0 Å². The van der Waals surface area contributed by atoms with Crippen LogP contribution in [0.2, 0.25) is 0 Å². The first-order chi connectivity index (χ1) is 3.71. The van der Waals surface area contributed by atoms with E-state index in [2.05, 4.69) is 4.31 Å². The third-order valence-corrected chi connectivity index (χ3v) is 1.80. The maximum Gasteiger partial charge on any atom is 2.00 e. The van der Waals surface area contributed by atoms with E-state index in [1.807, 2.05) is 0 Å². The zero-order valence-electron chi connectivity index (χ0n) is 4.46. The molecule has 0 aliphatic rings. The minimum Gasteiger partial charge on any atom is -0.790 e. The van der Waals surface area contributed by atoms with Crippen LogP contribution in [0.5, 0.6) is 0 Å². The van der Waals surface area contributed by atoms with Gasteiger partial charge in [-0.05, 0) is 0 Å². The van der Waals surface area contributed by atoms with Crippen molar-refractivity contribution in [2.24, 2.45) is 0 Å². The maximum atomic E-state index is 9.32. The molecular formula is CuO7P2W-. The van der Waals surface area contributed by atoms with Crippen molar-refractivity contribution in [1.29, 1.82) is 0 Å². The summed E-state index contributed by atoms with van der Waals surface area (Å²) in [5.41, 5.74) is 0. The van der Waals surface area contributed by atoms with Gasteiger partial charge in [-0.2, -0.15) is 0 Å². The van der Waals surface area contributed by atoms with Gasteiger partial charge in [0, 0.05) is 0 Å². The monoisotopic (exact) mass is 421 g/mol. The summed E-state index contributed by atoms with van der Waals surface area (Å²) < 4.78 is 21.2. The molecule has 0 fully saturated rings. The van der Waals surface area contributed by atoms with Crippen molar-refractivity contribution in [3.8, 4) is 0 Å². The van der Waals surface area contributed by atoms with Crippen LogP contribution >= 0.6 is 15.6 Å². The number of phosphoric acid groups is 2. The topological polar surface area (TPSA) is 136 Å². The van der Waals surface area contributed by atoms with Crippen LogP contribution in [0, 0.1) is 0 Å². The molecule has 0 aromatic carbocycles. The maximum absolute atomic E-state index is 9.32. The van der Waals surface area contributed by atoms with E-state index in [1.54, 1.807) is 0 Å². The normalized spacial score (nSPS) is 11.3. The van der Waals surface area contributed by atoms with Gasteiger partial charge in [0.2, 0.25) is 0 Å². The van der Waals surface area contributed by atoms with E-state index >= 15 is 0 Å². The van der Waals surface area contributed by atoms with Gasteiger partial charge in [-0.3, -0.25) is 0 Å². The SMILES string of the molecule is O=P([O-])([O-])OP(=O)([O-])[O-].[Cu+].[W+2]. The Labute approximate surface area is 86.7 Å². The molecule has 0 aromatic heterocycles. The second-order valence-electron chi connectivity index (χ2n) is 0.976. The molecule has 0 saturated heterocycles. The molecular weight excluding hydrogens is 421 g/mol. The summed E-state index contributed by atoms with van der Waals surface area (Å²) in [7, 11) is -11.4. The van der Waals surface area contributed by atoms with Crippen LogP contribution in [-0.2, 0) is 51.6 Å². The average Bonchev–Trinajstić information content (AvgIpc) is 1.14. The Morgan fingerprint density at radius 2 is 1.09 bits per heavy atom. The van der Waals surface area contributed by atoms with Gasteiger partial charge >= 0.3 is 38.1 Å².